The SMILES string of the molecule is COc1ncc(-n2cc(N(C(=O)OCC(F)F)[C@H]3CC[C@H](Nc4ncc(C#N)c(-c5n[nH]cc5Cl)n4)CC3)cn2)cn1. The van der Waals surface area contributed by atoms with Crippen LogP contribution in [-0.2, 0) is 4.74 Å². The minimum absolute atomic E-state index is 0.0604. The molecule has 0 bridgehead atoms. The average Bonchev–Trinajstić information content (AvgIpc) is 3.66. The monoisotopic (exact) mass is 599 g/mol. The van der Waals surface area contributed by atoms with E-state index in [4.69, 9.17) is 21.1 Å². The van der Waals surface area contributed by atoms with E-state index >= 15 is 0 Å². The minimum atomic E-state index is -2.80. The summed E-state index contributed by atoms with van der Waals surface area (Å²) in [6.07, 6.45) is 7.45. The number of halogens is 3. The van der Waals surface area contributed by atoms with Crippen LogP contribution in [0.1, 0.15) is 31.2 Å². The number of nitrogens with zero attached hydrogens (tertiary/aromatic N) is 9. The normalized spacial score (nSPS) is 16.6. The number of nitrogens with one attached hydrogen (secondary N) is 2. The van der Waals surface area contributed by atoms with Gasteiger partial charge in [-0.15, -0.1) is 0 Å². The van der Waals surface area contributed by atoms with Gasteiger partial charge >= 0.3 is 12.1 Å². The smallest absolute Gasteiger partial charge is 0.414 e. The van der Waals surface area contributed by atoms with Crippen molar-refractivity contribution in [3.63, 3.8) is 0 Å². The molecule has 0 saturated heterocycles. The van der Waals surface area contributed by atoms with Crippen molar-refractivity contribution in [2.45, 2.75) is 44.2 Å². The van der Waals surface area contributed by atoms with Gasteiger partial charge in [-0.1, -0.05) is 11.6 Å². The van der Waals surface area contributed by atoms with E-state index in [1.54, 1.807) is 6.20 Å². The number of anilines is 2. The van der Waals surface area contributed by atoms with Crippen molar-refractivity contribution in [3.05, 3.63) is 47.8 Å². The summed E-state index contributed by atoms with van der Waals surface area (Å²) < 4.78 is 37.0. The van der Waals surface area contributed by atoms with Gasteiger partial charge in [0.05, 0.1) is 54.4 Å². The second-order valence-corrected chi connectivity index (χ2v) is 9.62. The number of amides is 1. The number of H-pyrrole nitrogens is 1. The Bertz CT molecular complexity index is 1570. The molecule has 42 heavy (non-hydrogen) atoms. The summed E-state index contributed by atoms with van der Waals surface area (Å²) >= 11 is 6.17. The number of aromatic amines is 1. The zero-order valence-electron chi connectivity index (χ0n) is 22.1. The van der Waals surface area contributed by atoms with E-state index in [9.17, 15) is 18.8 Å². The third kappa shape index (κ3) is 6.36. The Balaban J connectivity index is 1.30. The maximum atomic E-state index is 13.0. The van der Waals surface area contributed by atoms with E-state index < -0.39 is 19.1 Å². The molecule has 0 spiro atoms. The van der Waals surface area contributed by atoms with Crippen molar-refractivity contribution in [1.29, 1.82) is 5.26 Å². The molecule has 4 aromatic heterocycles. The number of ether oxygens (including phenoxy) is 2. The molecular weight excluding hydrogens is 576 g/mol. The third-order valence-corrected chi connectivity index (χ3v) is 6.85. The summed E-state index contributed by atoms with van der Waals surface area (Å²) in [5.74, 6) is 0.294. The predicted molar refractivity (Wildman–Crippen MR) is 145 cm³/mol. The lowest BCUT2D eigenvalue weighted by Crippen LogP contribution is -2.45. The van der Waals surface area contributed by atoms with Gasteiger partial charge in [-0.2, -0.15) is 15.5 Å². The van der Waals surface area contributed by atoms with Crippen LogP contribution in [0, 0.1) is 11.3 Å². The molecular formula is C25H24ClF2N11O3. The Morgan fingerprint density at radius 3 is 2.62 bits per heavy atom. The molecule has 1 aliphatic rings. The van der Waals surface area contributed by atoms with Crippen LogP contribution < -0.4 is 15.0 Å². The quantitative estimate of drug-likeness (QED) is 0.284. The number of hydrogen-bond acceptors (Lipinski definition) is 11. The molecule has 0 atom stereocenters. The molecule has 14 nitrogen and oxygen atoms in total. The van der Waals surface area contributed by atoms with Crippen molar-refractivity contribution in [2.75, 3.05) is 23.9 Å². The molecule has 5 rings (SSSR count). The van der Waals surface area contributed by atoms with Crippen LogP contribution in [0.15, 0.2) is 37.2 Å². The average molecular weight is 600 g/mol. The first-order chi connectivity index (χ1) is 20.4. The van der Waals surface area contributed by atoms with Gasteiger partial charge in [-0.05, 0) is 25.7 Å². The Labute approximate surface area is 242 Å². The van der Waals surface area contributed by atoms with E-state index in [1.165, 1.54) is 47.7 Å². The molecule has 17 heteroatoms. The zero-order valence-corrected chi connectivity index (χ0v) is 22.9. The number of hydrogen-bond donors (Lipinski definition) is 2. The number of alkyl halides is 2. The molecule has 1 amide bonds. The molecule has 0 aliphatic heterocycles. The van der Waals surface area contributed by atoms with Gasteiger partial charge in [0, 0.05) is 18.3 Å². The van der Waals surface area contributed by atoms with Crippen molar-refractivity contribution in [1.82, 2.24) is 39.9 Å². The van der Waals surface area contributed by atoms with Gasteiger partial charge in [0.2, 0.25) is 5.95 Å². The predicted octanol–water partition coefficient (Wildman–Crippen LogP) is 4.01. The highest BCUT2D eigenvalue weighted by molar-refractivity contribution is 6.32. The zero-order chi connectivity index (χ0) is 29.6. The number of nitriles is 1. The molecule has 1 fully saturated rings. The standard InChI is InChI=1S/C25H24ClF2N11O3/c1-41-24-31-8-17(9-32-24)38-12-18(10-34-38)39(25(40)42-13-20(27)28)16-4-2-15(3-5-16)35-23-30-7-14(6-29)21(36-23)22-19(26)11-33-37-22/h7-12,15-16,20H,2-5,13H2,1H3,(H,33,37)(H,30,35,36)/t15-,16-. The van der Waals surface area contributed by atoms with E-state index in [0.29, 0.717) is 59.4 Å². The van der Waals surface area contributed by atoms with E-state index in [1.807, 2.05) is 6.07 Å². The van der Waals surface area contributed by atoms with E-state index in [-0.39, 0.29) is 23.7 Å². The van der Waals surface area contributed by atoms with Crippen LogP contribution in [0.5, 0.6) is 6.01 Å². The van der Waals surface area contributed by atoms with E-state index in [2.05, 4.69) is 40.5 Å². The summed E-state index contributed by atoms with van der Waals surface area (Å²) in [6, 6.07) is 1.81. The molecule has 0 unspecified atom stereocenters. The van der Waals surface area contributed by atoms with Gasteiger partial charge in [0.1, 0.15) is 23.1 Å². The fraction of sp³-hybridized carbons (Fsp3) is 0.360. The number of aromatic nitrogens is 8. The van der Waals surface area contributed by atoms with Crippen molar-refractivity contribution in [3.8, 4) is 29.2 Å². The van der Waals surface area contributed by atoms with Gasteiger partial charge < -0.3 is 14.8 Å². The molecule has 218 valence electrons. The minimum Gasteiger partial charge on any atom is -0.467 e. The summed E-state index contributed by atoms with van der Waals surface area (Å²) in [6.45, 7) is -1.02. The van der Waals surface area contributed by atoms with Gasteiger partial charge in [-0.25, -0.2) is 38.2 Å². The number of methoxy groups -OCH3 is 1. The van der Waals surface area contributed by atoms with Crippen molar-refractivity contribution < 1.29 is 23.0 Å². The Morgan fingerprint density at radius 1 is 1.21 bits per heavy atom. The van der Waals surface area contributed by atoms with Crippen LogP contribution >= 0.6 is 11.6 Å². The van der Waals surface area contributed by atoms with Crippen LogP contribution in [0.25, 0.3) is 17.1 Å². The molecule has 4 aromatic rings. The highest BCUT2D eigenvalue weighted by Crippen LogP contribution is 2.31. The molecule has 4 heterocycles. The first kappa shape index (κ1) is 28.6. The highest BCUT2D eigenvalue weighted by atomic mass is 35.5. The van der Waals surface area contributed by atoms with Crippen LogP contribution in [-0.4, -0.2) is 78.2 Å². The summed E-state index contributed by atoms with van der Waals surface area (Å²) in [7, 11) is 1.44. The summed E-state index contributed by atoms with van der Waals surface area (Å²) in [4.78, 5) is 31.2. The first-order valence-corrected chi connectivity index (χ1v) is 13.1. The Kier molecular flexibility index (Phi) is 8.67. The fourth-order valence-electron chi connectivity index (χ4n) is 4.60. The van der Waals surface area contributed by atoms with Crippen LogP contribution in [0.3, 0.4) is 0 Å². The van der Waals surface area contributed by atoms with Crippen LogP contribution in [0.4, 0.5) is 25.2 Å². The maximum absolute atomic E-state index is 13.0. The first-order valence-electron chi connectivity index (χ1n) is 12.7. The number of carbonyl (C=O) groups excluding carboxylic acids is 1. The summed E-state index contributed by atoms with van der Waals surface area (Å²) in [5, 5.41) is 24.1. The number of carbonyl (C=O) groups is 1. The van der Waals surface area contributed by atoms with Gasteiger partial charge in [-0.3, -0.25) is 10.00 Å². The van der Waals surface area contributed by atoms with Crippen molar-refractivity contribution in [2.24, 2.45) is 0 Å². The lowest BCUT2D eigenvalue weighted by Gasteiger charge is -2.35. The Hall–Kier alpha value is -4.91. The van der Waals surface area contributed by atoms with Crippen LogP contribution in [0.2, 0.25) is 5.02 Å². The topological polar surface area (TPSA) is 173 Å². The van der Waals surface area contributed by atoms with Crippen molar-refractivity contribution >= 4 is 29.3 Å². The Morgan fingerprint density at radius 2 is 1.98 bits per heavy atom. The molecule has 1 saturated carbocycles. The maximum Gasteiger partial charge on any atom is 0.414 e. The lowest BCUT2D eigenvalue weighted by atomic mass is 9.90. The molecule has 2 N–H and O–H groups in total. The highest BCUT2D eigenvalue weighted by Gasteiger charge is 2.33. The van der Waals surface area contributed by atoms with Gasteiger partial charge in [0.15, 0.2) is 6.61 Å². The third-order valence-electron chi connectivity index (χ3n) is 6.56. The van der Waals surface area contributed by atoms with E-state index in [0.717, 1.165) is 0 Å². The lowest BCUT2D eigenvalue weighted by molar-refractivity contribution is 0.0506. The largest absolute Gasteiger partial charge is 0.467 e. The second kappa shape index (κ2) is 12.7. The molecule has 0 radical (unpaired) electrons. The molecule has 0 aromatic carbocycles. The van der Waals surface area contributed by atoms with Gasteiger partial charge in [0.25, 0.3) is 6.43 Å². The fourth-order valence-corrected chi connectivity index (χ4v) is 4.78. The number of rotatable bonds is 9. The molecule has 1 aliphatic carbocycles. The second-order valence-electron chi connectivity index (χ2n) is 9.21. The summed E-state index contributed by atoms with van der Waals surface area (Å²) in [5.41, 5.74) is 1.73.